The number of para-hydroxylation sites is 1. The van der Waals surface area contributed by atoms with E-state index in [1.807, 2.05) is 53.2 Å². The quantitative estimate of drug-likeness (QED) is 0.714. The van der Waals surface area contributed by atoms with Crippen molar-refractivity contribution in [2.24, 2.45) is 5.92 Å². The normalized spacial score (nSPS) is 16.4. The molecule has 0 bridgehead atoms. The molecule has 1 aliphatic heterocycles. The first kappa shape index (κ1) is 17.9. The van der Waals surface area contributed by atoms with Gasteiger partial charge < -0.3 is 14.8 Å². The Morgan fingerprint density at radius 3 is 2.79 bits per heavy atom. The lowest BCUT2D eigenvalue weighted by molar-refractivity contribution is -0.129. The maximum atomic E-state index is 12.6. The zero-order valence-corrected chi connectivity index (χ0v) is 15.4. The van der Waals surface area contributed by atoms with Gasteiger partial charge in [-0.2, -0.15) is 0 Å². The van der Waals surface area contributed by atoms with E-state index in [4.69, 9.17) is 0 Å². The van der Waals surface area contributed by atoms with Crippen LogP contribution in [0.2, 0.25) is 0 Å². The molecular formula is C21H21N5O2. The van der Waals surface area contributed by atoms with Crippen LogP contribution >= 0.6 is 0 Å². The Morgan fingerprint density at radius 2 is 2.00 bits per heavy atom. The van der Waals surface area contributed by atoms with E-state index in [9.17, 15) is 9.59 Å². The molecule has 0 saturated carbocycles. The number of rotatable bonds is 6. The molecule has 3 heterocycles. The second kappa shape index (κ2) is 8.04. The van der Waals surface area contributed by atoms with Crippen molar-refractivity contribution < 1.29 is 9.59 Å². The van der Waals surface area contributed by atoms with E-state index in [0.717, 1.165) is 16.9 Å². The Bertz CT molecular complexity index is 956. The van der Waals surface area contributed by atoms with Crippen LogP contribution < -0.4 is 5.32 Å². The molecule has 0 spiro atoms. The van der Waals surface area contributed by atoms with E-state index in [-0.39, 0.29) is 24.2 Å². The number of carbonyl (C=O) groups is 2. The van der Waals surface area contributed by atoms with E-state index in [1.165, 1.54) is 0 Å². The molecule has 142 valence electrons. The van der Waals surface area contributed by atoms with Crippen molar-refractivity contribution in [3.05, 3.63) is 78.6 Å². The maximum Gasteiger partial charge on any atom is 0.225 e. The fraction of sp³-hybridized carbons (Fsp3) is 0.238. The first-order chi connectivity index (χ1) is 13.7. The van der Waals surface area contributed by atoms with Crippen molar-refractivity contribution in [3.8, 4) is 5.69 Å². The van der Waals surface area contributed by atoms with Crippen molar-refractivity contribution in [2.75, 3.05) is 6.54 Å². The summed E-state index contributed by atoms with van der Waals surface area (Å²) < 4.78 is 1.91. The number of likely N-dealkylation sites (tertiary alicyclic amines) is 1. The number of amides is 2. The summed E-state index contributed by atoms with van der Waals surface area (Å²) in [5.41, 5.74) is 2.79. The summed E-state index contributed by atoms with van der Waals surface area (Å²) in [4.78, 5) is 35.0. The Kier molecular flexibility index (Phi) is 5.14. The van der Waals surface area contributed by atoms with Crippen molar-refractivity contribution in [2.45, 2.75) is 19.5 Å². The summed E-state index contributed by atoms with van der Waals surface area (Å²) in [6, 6.07) is 13.5. The minimum absolute atomic E-state index is 0.00961. The van der Waals surface area contributed by atoms with Crippen LogP contribution in [-0.2, 0) is 22.7 Å². The molecule has 2 aromatic heterocycles. The van der Waals surface area contributed by atoms with E-state index in [2.05, 4.69) is 15.3 Å². The molecule has 28 heavy (non-hydrogen) atoms. The standard InChI is InChI=1S/C21H21N5O2/c27-20-11-17(13-26(20)14-18-6-3-4-8-23-18)21(28)24-12-16-5-1-2-7-19(16)25-10-9-22-15-25/h1-10,15,17H,11-14H2,(H,24,28)/t17-/m0/s1. The van der Waals surface area contributed by atoms with Gasteiger partial charge in [-0.15, -0.1) is 0 Å². The van der Waals surface area contributed by atoms with Gasteiger partial charge in [0.1, 0.15) is 0 Å². The third-order valence-electron chi connectivity index (χ3n) is 4.89. The summed E-state index contributed by atoms with van der Waals surface area (Å²) in [6.07, 6.45) is 7.26. The van der Waals surface area contributed by atoms with Crippen LogP contribution in [0.15, 0.2) is 67.4 Å². The number of carbonyl (C=O) groups excluding carboxylic acids is 2. The molecule has 4 rings (SSSR count). The number of imidazole rings is 1. The number of hydrogen-bond donors (Lipinski definition) is 1. The van der Waals surface area contributed by atoms with Crippen molar-refractivity contribution >= 4 is 11.8 Å². The highest BCUT2D eigenvalue weighted by Crippen LogP contribution is 2.20. The molecule has 1 atom stereocenters. The lowest BCUT2D eigenvalue weighted by atomic mass is 10.1. The Morgan fingerprint density at radius 1 is 1.14 bits per heavy atom. The van der Waals surface area contributed by atoms with Crippen LogP contribution in [0.25, 0.3) is 5.69 Å². The van der Waals surface area contributed by atoms with Crippen LogP contribution in [0.4, 0.5) is 0 Å². The lowest BCUT2D eigenvalue weighted by Gasteiger charge is -2.16. The first-order valence-corrected chi connectivity index (χ1v) is 9.22. The highest BCUT2D eigenvalue weighted by atomic mass is 16.2. The lowest BCUT2D eigenvalue weighted by Crippen LogP contribution is -2.32. The van der Waals surface area contributed by atoms with Gasteiger partial charge in [0.25, 0.3) is 0 Å². The maximum absolute atomic E-state index is 12.6. The average molecular weight is 375 g/mol. The molecule has 0 unspecified atom stereocenters. The van der Waals surface area contributed by atoms with Crippen LogP contribution in [0.3, 0.4) is 0 Å². The van der Waals surface area contributed by atoms with Crippen molar-refractivity contribution in [1.82, 2.24) is 24.8 Å². The summed E-state index contributed by atoms with van der Waals surface area (Å²) in [5.74, 6) is -0.446. The van der Waals surface area contributed by atoms with Crippen LogP contribution in [0.5, 0.6) is 0 Å². The van der Waals surface area contributed by atoms with Gasteiger partial charge in [-0.1, -0.05) is 24.3 Å². The fourth-order valence-corrected chi connectivity index (χ4v) is 3.43. The highest BCUT2D eigenvalue weighted by Gasteiger charge is 2.34. The van der Waals surface area contributed by atoms with E-state index in [1.54, 1.807) is 23.6 Å². The Hall–Kier alpha value is -3.48. The van der Waals surface area contributed by atoms with Crippen LogP contribution in [-0.4, -0.2) is 37.8 Å². The Balaban J connectivity index is 1.37. The largest absolute Gasteiger partial charge is 0.352 e. The number of nitrogens with one attached hydrogen (secondary N) is 1. The highest BCUT2D eigenvalue weighted by molar-refractivity contribution is 5.89. The van der Waals surface area contributed by atoms with E-state index in [0.29, 0.717) is 19.6 Å². The molecule has 1 N–H and O–H groups in total. The van der Waals surface area contributed by atoms with Crippen LogP contribution in [0.1, 0.15) is 17.7 Å². The van der Waals surface area contributed by atoms with E-state index >= 15 is 0 Å². The second-order valence-corrected chi connectivity index (χ2v) is 6.81. The number of pyridine rings is 1. The molecule has 1 fully saturated rings. The van der Waals surface area contributed by atoms with Gasteiger partial charge in [0, 0.05) is 38.1 Å². The molecule has 2 amide bonds. The smallest absolute Gasteiger partial charge is 0.225 e. The van der Waals surface area contributed by atoms with Gasteiger partial charge in [0.15, 0.2) is 0 Å². The molecule has 1 aliphatic rings. The predicted octanol–water partition coefficient (Wildman–Crippen LogP) is 1.93. The van der Waals surface area contributed by atoms with Gasteiger partial charge in [0.05, 0.1) is 30.2 Å². The van der Waals surface area contributed by atoms with Crippen molar-refractivity contribution in [1.29, 1.82) is 0 Å². The van der Waals surface area contributed by atoms with Gasteiger partial charge in [-0.05, 0) is 23.8 Å². The molecule has 3 aromatic rings. The number of hydrogen-bond acceptors (Lipinski definition) is 4. The minimum Gasteiger partial charge on any atom is -0.352 e. The summed E-state index contributed by atoms with van der Waals surface area (Å²) in [5, 5.41) is 2.98. The fourth-order valence-electron chi connectivity index (χ4n) is 3.43. The molecule has 7 nitrogen and oxygen atoms in total. The van der Waals surface area contributed by atoms with Gasteiger partial charge in [-0.3, -0.25) is 14.6 Å². The molecular weight excluding hydrogens is 354 g/mol. The van der Waals surface area contributed by atoms with Crippen molar-refractivity contribution in [3.63, 3.8) is 0 Å². The molecule has 0 radical (unpaired) electrons. The zero-order valence-electron chi connectivity index (χ0n) is 15.4. The van der Waals surface area contributed by atoms with Gasteiger partial charge in [0.2, 0.25) is 11.8 Å². The monoisotopic (exact) mass is 375 g/mol. The third-order valence-corrected chi connectivity index (χ3v) is 4.89. The first-order valence-electron chi connectivity index (χ1n) is 9.22. The zero-order chi connectivity index (χ0) is 19.3. The van der Waals surface area contributed by atoms with E-state index < -0.39 is 0 Å². The van der Waals surface area contributed by atoms with Gasteiger partial charge >= 0.3 is 0 Å². The van der Waals surface area contributed by atoms with Gasteiger partial charge in [-0.25, -0.2) is 4.98 Å². The third kappa shape index (κ3) is 3.93. The Labute approximate surface area is 163 Å². The molecule has 7 heteroatoms. The molecule has 1 saturated heterocycles. The molecule has 0 aliphatic carbocycles. The SMILES string of the molecule is O=C(NCc1ccccc1-n1ccnc1)[C@H]1CC(=O)N(Cc2ccccn2)C1. The number of benzene rings is 1. The number of nitrogens with zero attached hydrogens (tertiary/aromatic N) is 4. The second-order valence-electron chi connectivity index (χ2n) is 6.81. The average Bonchev–Trinajstić information content (AvgIpc) is 3.38. The predicted molar refractivity (Wildman–Crippen MR) is 103 cm³/mol. The number of aromatic nitrogens is 3. The summed E-state index contributed by atoms with van der Waals surface area (Å²) in [6.45, 7) is 1.26. The summed E-state index contributed by atoms with van der Waals surface area (Å²) >= 11 is 0. The minimum atomic E-state index is -0.336. The van der Waals surface area contributed by atoms with Crippen LogP contribution in [0, 0.1) is 5.92 Å². The molecule has 1 aromatic carbocycles. The topological polar surface area (TPSA) is 80.1 Å². The summed E-state index contributed by atoms with van der Waals surface area (Å²) in [7, 11) is 0.